The van der Waals surface area contributed by atoms with E-state index in [-0.39, 0.29) is 24.6 Å². The monoisotopic (exact) mass is 499 g/mol. The maximum atomic E-state index is 12.7. The number of carbonyl (C=O) groups excluding carboxylic acids is 1. The summed E-state index contributed by atoms with van der Waals surface area (Å²) in [6.45, 7) is 7.26. The zero-order valence-electron chi connectivity index (χ0n) is 21.7. The van der Waals surface area contributed by atoms with Gasteiger partial charge in [0.25, 0.3) is 5.91 Å². The van der Waals surface area contributed by atoms with Crippen LogP contribution in [0.3, 0.4) is 0 Å². The van der Waals surface area contributed by atoms with Crippen LogP contribution in [0.1, 0.15) is 36.2 Å². The molecule has 1 amide bonds. The fraction of sp³-hybridized carbons (Fsp3) is 0.400. The van der Waals surface area contributed by atoms with E-state index in [9.17, 15) is 4.79 Å². The molecule has 0 spiro atoms. The molecule has 0 radical (unpaired) electrons. The minimum atomic E-state index is -0.147. The summed E-state index contributed by atoms with van der Waals surface area (Å²) in [7, 11) is 0. The molecule has 194 valence electrons. The Labute approximate surface area is 219 Å². The van der Waals surface area contributed by atoms with Crippen molar-refractivity contribution in [2.45, 2.75) is 38.8 Å². The van der Waals surface area contributed by atoms with E-state index in [1.165, 1.54) is 12.2 Å². The van der Waals surface area contributed by atoms with E-state index < -0.39 is 0 Å². The van der Waals surface area contributed by atoms with Gasteiger partial charge in [-0.2, -0.15) is 0 Å². The van der Waals surface area contributed by atoms with Crippen LogP contribution in [0.4, 0.5) is 0 Å². The van der Waals surface area contributed by atoms with Gasteiger partial charge in [0.2, 0.25) is 0 Å². The Bertz CT molecular complexity index is 1200. The van der Waals surface area contributed by atoms with Crippen molar-refractivity contribution in [3.63, 3.8) is 0 Å². The first kappa shape index (κ1) is 25.1. The number of fused-ring (bicyclic) bond motifs is 1. The number of dihydropyridines is 2. The van der Waals surface area contributed by atoms with Gasteiger partial charge in [0.05, 0.1) is 24.3 Å². The molecule has 4 aliphatic heterocycles. The predicted octanol–water partition coefficient (Wildman–Crippen LogP) is 3.05. The van der Waals surface area contributed by atoms with Crippen molar-refractivity contribution in [1.82, 2.24) is 20.9 Å². The molecular weight excluding hydrogens is 462 g/mol. The van der Waals surface area contributed by atoms with Crippen LogP contribution >= 0.6 is 0 Å². The normalized spacial score (nSPS) is 26.6. The molecule has 4 heterocycles. The number of nitrogens with one attached hydrogen (secondary N) is 3. The van der Waals surface area contributed by atoms with Crippen LogP contribution in [-0.4, -0.2) is 60.5 Å². The number of amides is 1. The third-order valence-electron chi connectivity index (χ3n) is 7.30. The Morgan fingerprint density at radius 2 is 1.97 bits per heavy atom. The van der Waals surface area contributed by atoms with Gasteiger partial charge < -0.3 is 26.0 Å². The number of aliphatic hydroxyl groups is 1. The number of piperidine rings is 1. The SMILES string of the molecule is CC1CC(C)CN(C2=CC=CC(C3=CC=C4C=NC(CNC(=O)c5cccc(CCO)c5)=CC4N3)N2)C1. The zero-order valence-corrected chi connectivity index (χ0v) is 21.7. The van der Waals surface area contributed by atoms with E-state index in [0.717, 1.165) is 35.6 Å². The number of allylic oxidation sites excluding steroid dienone is 4. The highest BCUT2D eigenvalue weighted by Gasteiger charge is 2.28. The smallest absolute Gasteiger partial charge is 0.251 e. The first-order valence-corrected chi connectivity index (χ1v) is 13.3. The number of aliphatic imine (C=N–C) groups is 1. The van der Waals surface area contributed by atoms with Crippen LogP contribution in [0.15, 0.2) is 88.5 Å². The van der Waals surface area contributed by atoms with E-state index >= 15 is 0 Å². The molecule has 4 atom stereocenters. The molecule has 5 rings (SSSR count). The summed E-state index contributed by atoms with van der Waals surface area (Å²) in [5.74, 6) is 2.44. The van der Waals surface area contributed by atoms with Gasteiger partial charge in [0.15, 0.2) is 0 Å². The van der Waals surface area contributed by atoms with Gasteiger partial charge in [-0.25, -0.2) is 0 Å². The van der Waals surface area contributed by atoms with Crippen LogP contribution in [0, 0.1) is 11.8 Å². The maximum Gasteiger partial charge on any atom is 0.251 e. The fourth-order valence-electron chi connectivity index (χ4n) is 5.57. The molecule has 1 aromatic rings. The quantitative estimate of drug-likeness (QED) is 0.463. The average Bonchev–Trinajstić information content (AvgIpc) is 2.91. The van der Waals surface area contributed by atoms with Gasteiger partial charge in [-0.1, -0.05) is 44.2 Å². The standard InChI is InChI=1S/C30H37N5O2/c1-20-13-21(2)19-35(18-20)29-8-4-7-26(34-29)27-10-9-24-16-31-25(15-28(24)33-27)17-32-30(37)23-6-3-5-22(14-23)11-12-36/h3-10,14-16,20-21,26,28,33-34,36H,11-13,17-19H2,1-2H3,(H,32,37). The Kier molecular flexibility index (Phi) is 7.60. The number of rotatable bonds is 7. The van der Waals surface area contributed by atoms with Crippen LogP contribution < -0.4 is 16.0 Å². The van der Waals surface area contributed by atoms with Crippen molar-refractivity contribution in [1.29, 1.82) is 0 Å². The minimum Gasteiger partial charge on any atom is -0.396 e. The van der Waals surface area contributed by atoms with Crippen molar-refractivity contribution < 1.29 is 9.90 Å². The summed E-state index contributed by atoms with van der Waals surface area (Å²) in [6.07, 6.45) is 16.5. The number of aliphatic hydroxyl groups excluding tert-OH is 1. The maximum absolute atomic E-state index is 12.7. The van der Waals surface area contributed by atoms with Gasteiger partial charge in [-0.15, -0.1) is 0 Å². The zero-order chi connectivity index (χ0) is 25.8. The summed E-state index contributed by atoms with van der Waals surface area (Å²) in [5.41, 5.74) is 4.57. The number of hydrogen-bond acceptors (Lipinski definition) is 6. The number of likely N-dealkylation sites (tertiary alicyclic amines) is 1. The van der Waals surface area contributed by atoms with Gasteiger partial charge in [0.1, 0.15) is 5.82 Å². The van der Waals surface area contributed by atoms with Crippen LogP contribution in [0.5, 0.6) is 0 Å². The lowest BCUT2D eigenvalue weighted by Crippen LogP contribution is -2.48. The third-order valence-corrected chi connectivity index (χ3v) is 7.30. The fourth-order valence-corrected chi connectivity index (χ4v) is 5.57. The summed E-state index contributed by atoms with van der Waals surface area (Å²) in [5, 5.41) is 19.5. The molecule has 7 heteroatoms. The second kappa shape index (κ2) is 11.2. The van der Waals surface area contributed by atoms with Crippen molar-refractivity contribution in [2.75, 3.05) is 26.2 Å². The van der Waals surface area contributed by atoms with E-state index in [0.29, 0.717) is 30.4 Å². The second-order valence-corrected chi connectivity index (χ2v) is 10.6. The summed E-state index contributed by atoms with van der Waals surface area (Å²) in [6, 6.07) is 7.45. The summed E-state index contributed by atoms with van der Waals surface area (Å²) in [4.78, 5) is 19.7. The lowest BCUT2D eigenvalue weighted by atomic mass is 9.91. The molecule has 4 N–H and O–H groups in total. The van der Waals surface area contributed by atoms with Gasteiger partial charge in [0, 0.05) is 37.2 Å². The topological polar surface area (TPSA) is 89.0 Å². The summed E-state index contributed by atoms with van der Waals surface area (Å²) >= 11 is 0. The Morgan fingerprint density at radius 1 is 1.14 bits per heavy atom. The van der Waals surface area contributed by atoms with Crippen molar-refractivity contribution in [3.8, 4) is 0 Å². The van der Waals surface area contributed by atoms with Crippen LogP contribution in [0.25, 0.3) is 0 Å². The van der Waals surface area contributed by atoms with E-state index in [2.05, 4.69) is 76.1 Å². The predicted molar refractivity (Wildman–Crippen MR) is 148 cm³/mol. The largest absolute Gasteiger partial charge is 0.396 e. The molecule has 1 saturated heterocycles. The molecule has 1 fully saturated rings. The Morgan fingerprint density at radius 3 is 2.78 bits per heavy atom. The highest BCUT2D eigenvalue weighted by Crippen LogP contribution is 2.26. The molecule has 0 bridgehead atoms. The number of nitrogens with zero attached hydrogens (tertiary/aromatic N) is 2. The van der Waals surface area contributed by atoms with E-state index in [1.807, 2.05) is 24.4 Å². The van der Waals surface area contributed by atoms with Crippen LogP contribution in [-0.2, 0) is 6.42 Å². The van der Waals surface area contributed by atoms with Gasteiger partial charge >= 0.3 is 0 Å². The summed E-state index contributed by atoms with van der Waals surface area (Å²) < 4.78 is 0. The Balaban J connectivity index is 1.19. The first-order chi connectivity index (χ1) is 18.0. The first-order valence-electron chi connectivity index (χ1n) is 13.3. The second-order valence-electron chi connectivity index (χ2n) is 10.6. The van der Waals surface area contributed by atoms with Gasteiger partial charge in [-0.3, -0.25) is 9.79 Å². The lowest BCUT2D eigenvalue weighted by Gasteiger charge is -2.40. The van der Waals surface area contributed by atoms with Crippen LogP contribution in [0.2, 0.25) is 0 Å². The number of hydrogen-bond donors (Lipinski definition) is 4. The number of carbonyl (C=O) groups is 1. The van der Waals surface area contributed by atoms with Crippen molar-refractivity contribution in [3.05, 3.63) is 94.6 Å². The molecule has 0 saturated carbocycles. The van der Waals surface area contributed by atoms with E-state index in [4.69, 9.17) is 5.11 Å². The molecule has 1 aromatic carbocycles. The average molecular weight is 500 g/mol. The minimum absolute atomic E-state index is 0.0110. The number of benzene rings is 1. The molecule has 37 heavy (non-hydrogen) atoms. The third kappa shape index (κ3) is 6.05. The molecule has 0 aromatic heterocycles. The molecule has 4 unspecified atom stereocenters. The lowest BCUT2D eigenvalue weighted by molar-refractivity contribution is 0.0956. The van der Waals surface area contributed by atoms with Gasteiger partial charge in [-0.05, 0) is 66.2 Å². The van der Waals surface area contributed by atoms with Crippen molar-refractivity contribution >= 4 is 12.1 Å². The van der Waals surface area contributed by atoms with E-state index in [1.54, 1.807) is 6.07 Å². The molecule has 7 nitrogen and oxygen atoms in total. The Hall–Kier alpha value is -3.58. The molecule has 4 aliphatic rings. The molecular formula is C30H37N5O2. The highest BCUT2D eigenvalue weighted by molar-refractivity contribution is 5.94. The molecule has 0 aliphatic carbocycles. The van der Waals surface area contributed by atoms with Crippen molar-refractivity contribution in [2.24, 2.45) is 16.8 Å². The highest BCUT2D eigenvalue weighted by atomic mass is 16.3.